The van der Waals surface area contributed by atoms with E-state index in [1.54, 1.807) is 12.1 Å². The molecule has 1 aliphatic carbocycles. The molecule has 1 heterocycles. The maximum Gasteiger partial charge on any atom is 0.313 e. The number of hydrogen-bond acceptors (Lipinski definition) is 2. The van der Waals surface area contributed by atoms with Gasteiger partial charge in [-0.1, -0.05) is 61.4 Å². The average molecular weight is 335 g/mol. The molecule has 25 heavy (non-hydrogen) atoms. The number of amides is 1. The average Bonchev–Trinajstić information content (AvgIpc) is 3.16. The fraction of sp³-hybridized carbons (Fsp3) is 0.333. The molecular formula is C21H21NO3. The number of hydrogen-bond donors (Lipinski definition) is 1. The van der Waals surface area contributed by atoms with Crippen molar-refractivity contribution in [3.63, 3.8) is 0 Å². The molecule has 1 saturated carbocycles. The first-order valence-corrected chi connectivity index (χ1v) is 8.88. The summed E-state index contributed by atoms with van der Waals surface area (Å²) in [5.74, 6) is -1.65. The number of carboxylic acids is 1. The van der Waals surface area contributed by atoms with Crippen molar-refractivity contribution >= 4 is 11.9 Å². The van der Waals surface area contributed by atoms with Crippen LogP contribution in [0.5, 0.6) is 0 Å². The van der Waals surface area contributed by atoms with Gasteiger partial charge in [0.25, 0.3) is 5.91 Å². The minimum absolute atomic E-state index is 0.0335. The zero-order chi connectivity index (χ0) is 17.4. The number of carbonyl (C=O) groups excluding carboxylic acids is 1. The molecule has 2 aromatic rings. The van der Waals surface area contributed by atoms with Crippen molar-refractivity contribution in [1.29, 1.82) is 0 Å². The van der Waals surface area contributed by atoms with Gasteiger partial charge in [0, 0.05) is 11.6 Å². The lowest BCUT2D eigenvalue weighted by Crippen LogP contribution is -2.49. The van der Waals surface area contributed by atoms with Crippen LogP contribution in [0.4, 0.5) is 0 Å². The zero-order valence-corrected chi connectivity index (χ0v) is 14.0. The van der Waals surface area contributed by atoms with E-state index in [4.69, 9.17) is 0 Å². The minimum Gasteiger partial charge on any atom is -0.481 e. The van der Waals surface area contributed by atoms with Gasteiger partial charge in [-0.3, -0.25) is 9.59 Å². The van der Waals surface area contributed by atoms with Crippen molar-refractivity contribution in [3.8, 4) is 0 Å². The molecular weight excluding hydrogens is 314 g/mol. The third-order valence-electron chi connectivity index (χ3n) is 5.50. The Hall–Kier alpha value is -2.62. The summed E-state index contributed by atoms with van der Waals surface area (Å²) >= 11 is 0. The summed E-state index contributed by atoms with van der Waals surface area (Å²) in [7, 11) is 0. The van der Waals surface area contributed by atoms with Crippen LogP contribution in [-0.2, 0) is 4.79 Å². The number of benzene rings is 2. The first-order valence-electron chi connectivity index (χ1n) is 8.88. The van der Waals surface area contributed by atoms with Crippen molar-refractivity contribution in [2.75, 3.05) is 0 Å². The van der Waals surface area contributed by atoms with Gasteiger partial charge in [0.05, 0.1) is 6.04 Å². The highest BCUT2D eigenvalue weighted by Gasteiger charge is 2.46. The predicted molar refractivity (Wildman–Crippen MR) is 94.4 cm³/mol. The predicted octanol–water partition coefficient (Wildman–Crippen LogP) is 3.99. The van der Waals surface area contributed by atoms with Crippen molar-refractivity contribution in [2.24, 2.45) is 0 Å². The Bertz CT molecular complexity index is 796. The molecule has 1 amide bonds. The molecule has 2 aliphatic rings. The molecule has 2 atom stereocenters. The number of rotatable bonds is 3. The van der Waals surface area contributed by atoms with Crippen LogP contribution < -0.4 is 0 Å². The molecule has 0 saturated heterocycles. The van der Waals surface area contributed by atoms with Crippen LogP contribution in [0.1, 0.15) is 59.1 Å². The van der Waals surface area contributed by atoms with Crippen LogP contribution in [0.3, 0.4) is 0 Å². The first-order chi connectivity index (χ1) is 12.2. The van der Waals surface area contributed by atoms with Crippen LogP contribution in [0.25, 0.3) is 0 Å². The van der Waals surface area contributed by atoms with Crippen molar-refractivity contribution in [3.05, 3.63) is 71.3 Å². The maximum atomic E-state index is 13.3. The molecule has 0 radical (unpaired) electrons. The lowest BCUT2D eigenvalue weighted by atomic mass is 9.79. The Labute approximate surface area is 147 Å². The van der Waals surface area contributed by atoms with Gasteiger partial charge in [-0.25, -0.2) is 0 Å². The quantitative estimate of drug-likeness (QED) is 0.922. The largest absolute Gasteiger partial charge is 0.481 e. The van der Waals surface area contributed by atoms with Gasteiger partial charge in [0.2, 0.25) is 0 Å². The van der Waals surface area contributed by atoms with Crippen LogP contribution in [0, 0.1) is 0 Å². The van der Waals surface area contributed by atoms with Gasteiger partial charge in [-0.2, -0.15) is 0 Å². The Balaban J connectivity index is 1.91. The highest BCUT2D eigenvalue weighted by molar-refractivity contribution is 6.00. The van der Waals surface area contributed by atoms with Crippen LogP contribution in [-0.4, -0.2) is 27.9 Å². The molecule has 0 unspecified atom stereocenters. The summed E-state index contributed by atoms with van der Waals surface area (Å²) in [6.45, 7) is 0. The lowest BCUT2D eigenvalue weighted by molar-refractivity contribution is -0.140. The van der Waals surface area contributed by atoms with E-state index in [1.165, 1.54) is 0 Å². The second kappa shape index (κ2) is 6.36. The fourth-order valence-corrected chi connectivity index (χ4v) is 4.41. The highest BCUT2D eigenvalue weighted by Crippen LogP contribution is 2.45. The van der Waals surface area contributed by atoms with Crippen LogP contribution in [0.15, 0.2) is 54.6 Å². The van der Waals surface area contributed by atoms with Gasteiger partial charge in [0.1, 0.15) is 5.92 Å². The number of aliphatic carboxylic acids is 1. The molecule has 128 valence electrons. The second-order valence-electron chi connectivity index (χ2n) is 6.91. The van der Waals surface area contributed by atoms with E-state index < -0.39 is 17.9 Å². The van der Waals surface area contributed by atoms with E-state index in [0.29, 0.717) is 11.1 Å². The molecule has 0 aromatic heterocycles. The number of nitrogens with zero attached hydrogens (tertiary/aromatic N) is 1. The van der Waals surface area contributed by atoms with Crippen molar-refractivity contribution in [1.82, 2.24) is 4.90 Å². The smallest absolute Gasteiger partial charge is 0.313 e. The Kier molecular flexibility index (Phi) is 4.04. The van der Waals surface area contributed by atoms with Gasteiger partial charge < -0.3 is 10.0 Å². The van der Waals surface area contributed by atoms with E-state index >= 15 is 0 Å². The zero-order valence-electron chi connectivity index (χ0n) is 14.0. The normalized spacial score (nSPS) is 23.5. The van der Waals surface area contributed by atoms with E-state index in [2.05, 4.69) is 0 Å². The number of fused-ring (bicyclic) bond motifs is 1. The molecule has 4 rings (SSSR count). The number of carbonyl (C=O) groups is 2. The number of carboxylic acid groups (broad SMARTS) is 1. The van der Waals surface area contributed by atoms with Crippen molar-refractivity contribution in [2.45, 2.75) is 43.7 Å². The van der Waals surface area contributed by atoms with Gasteiger partial charge >= 0.3 is 5.97 Å². The SMILES string of the molecule is O=C(O)[C@@H]1c2ccccc2C(=O)N(C2CCCC2)[C@@H]1c1ccccc1. The summed E-state index contributed by atoms with van der Waals surface area (Å²) in [5.41, 5.74) is 2.06. The molecule has 4 nitrogen and oxygen atoms in total. The molecule has 1 N–H and O–H groups in total. The fourth-order valence-electron chi connectivity index (χ4n) is 4.41. The Morgan fingerprint density at radius 1 is 0.960 bits per heavy atom. The summed E-state index contributed by atoms with van der Waals surface area (Å²) in [6, 6.07) is 16.4. The van der Waals surface area contributed by atoms with E-state index in [0.717, 1.165) is 31.2 Å². The Morgan fingerprint density at radius 2 is 1.60 bits per heavy atom. The minimum atomic E-state index is -0.878. The highest BCUT2D eigenvalue weighted by atomic mass is 16.4. The van der Waals surface area contributed by atoms with E-state index in [-0.39, 0.29) is 11.9 Å². The first kappa shape index (κ1) is 15.9. The third-order valence-corrected chi connectivity index (χ3v) is 5.50. The van der Waals surface area contributed by atoms with Crippen LogP contribution in [0.2, 0.25) is 0 Å². The monoisotopic (exact) mass is 335 g/mol. The molecule has 2 aromatic carbocycles. The molecule has 1 fully saturated rings. The Morgan fingerprint density at radius 3 is 2.28 bits per heavy atom. The van der Waals surface area contributed by atoms with Gasteiger partial charge in [-0.15, -0.1) is 0 Å². The standard InChI is InChI=1S/C21H21NO3/c23-20-17-13-7-6-12-16(17)18(21(24)25)19(14-8-2-1-3-9-14)22(20)15-10-4-5-11-15/h1-3,6-9,12-13,15,18-19H,4-5,10-11H2,(H,24,25)/t18-,19-/m1/s1. The molecule has 1 aliphatic heterocycles. The van der Waals surface area contributed by atoms with Gasteiger partial charge in [-0.05, 0) is 30.0 Å². The third kappa shape index (κ3) is 2.62. The van der Waals surface area contributed by atoms with Crippen LogP contribution >= 0.6 is 0 Å². The summed E-state index contributed by atoms with van der Waals surface area (Å²) in [6.07, 6.45) is 4.08. The topological polar surface area (TPSA) is 57.6 Å². The summed E-state index contributed by atoms with van der Waals surface area (Å²) in [5, 5.41) is 10.0. The lowest BCUT2D eigenvalue weighted by Gasteiger charge is -2.44. The van der Waals surface area contributed by atoms with Crippen molar-refractivity contribution < 1.29 is 14.7 Å². The van der Waals surface area contributed by atoms with E-state index in [1.807, 2.05) is 47.4 Å². The molecule has 4 heteroatoms. The molecule has 0 bridgehead atoms. The molecule has 0 spiro atoms. The summed E-state index contributed by atoms with van der Waals surface area (Å²) in [4.78, 5) is 27.4. The van der Waals surface area contributed by atoms with E-state index in [9.17, 15) is 14.7 Å². The maximum absolute atomic E-state index is 13.3. The second-order valence-corrected chi connectivity index (χ2v) is 6.91. The van der Waals surface area contributed by atoms with Gasteiger partial charge in [0.15, 0.2) is 0 Å². The summed E-state index contributed by atoms with van der Waals surface area (Å²) < 4.78 is 0.